The van der Waals surface area contributed by atoms with Crippen molar-refractivity contribution in [2.45, 2.75) is 12.6 Å². The zero-order chi connectivity index (χ0) is 24.3. The number of carbonyl (C=O) groups is 3. The molecular weight excluding hydrogens is 429 g/mol. The highest BCUT2D eigenvalue weighted by Crippen LogP contribution is 2.50. The molecule has 0 bridgehead atoms. The first-order valence-corrected chi connectivity index (χ1v) is 11.1. The molecule has 1 amide bonds. The Morgan fingerprint density at radius 3 is 2.62 bits per heavy atom. The molecule has 170 valence electrons. The molecule has 8 heteroatoms. The van der Waals surface area contributed by atoms with Crippen molar-refractivity contribution in [3.63, 3.8) is 0 Å². The average molecular weight is 453 g/mol. The summed E-state index contributed by atoms with van der Waals surface area (Å²) in [5, 5.41) is 9.05. The van der Waals surface area contributed by atoms with Gasteiger partial charge in [0.1, 0.15) is 0 Å². The molecule has 2 aromatic rings. The van der Waals surface area contributed by atoms with E-state index in [1.54, 1.807) is 37.4 Å². The zero-order valence-electron chi connectivity index (χ0n) is 19.2. The number of hydrogen-bond acceptors (Lipinski definition) is 6. The molecule has 2 saturated heterocycles. The van der Waals surface area contributed by atoms with Gasteiger partial charge in [-0.1, -0.05) is 42.7 Å². The molecule has 0 N–H and O–H groups in total. The third kappa shape index (κ3) is 4.40. The summed E-state index contributed by atoms with van der Waals surface area (Å²) in [4.78, 5) is 39.9. The number of nitrogens with zero attached hydrogens (tertiary/aromatic N) is 3. The lowest BCUT2D eigenvalue weighted by Gasteiger charge is -2.58. The summed E-state index contributed by atoms with van der Waals surface area (Å²) in [6.45, 7) is 2.08. The number of nitriles is 1. The van der Waals surface area contributed by atoms with E-state index in [9.17, 15) is 14.4 Å². The van der Waals surface area contributed by atoms with E-state index in [1.807, 2.05) is 12.1 Å². The lowest BCUT2D eigenvalue weighted by Crippen LogP contribution is -2.64. The molecule has 0 unspecified atom stereocenters. The van der Waals surface area contributed by atoms with Gasteiger partial charge in [-0.3, -0.25) is 9.59 Å². The summed E-state index contributed by atoms with van der Waals surface area (Å²) in [7, 11) is 2.94. The Labute approximate surface area is 199 Å². The van der Waals surface area contributed by atoms with Crippen LogP contribution in [0.1, 0.15) is 36.6 Å². The van der Waals surface area contributed by atoms with Gasteiger partial charge in [0, 0.05) is 42.9 Å². The third-order valence-corrected chi connectivity index (χ3v) is 6.57. The molecule has 2 aromatic carbocycles. The van der Waals surface area contributed by atoms with E-state index >= 15 is 0 Å². The van der Waals surface area contributed by atoms with Crippen molar-refractivity contribution in [2.24, 2.45) is 5.41 Å². The van der Waals surface area contributed by atoms with E-state index in [2.05, 4.69) is 22.7 Å². The second-order valence-electron chi connectivity index (χ2n) is 8.98. The number of esters is 1. The van der Waals surface area contributed by atoms with Crippen LogP contribution >= 0.6 is 0 Å². The van der Waals surface area contributed by atoms with Crippen LogP contribution in [-0.2, 0) is 4.74 Å². The predicted molar refractivity (Wildman–Crippen MR) is 129 cm³/mol. The van der Waals surface area contributed by atoms with Crippen LogP contribution in [0.3, 0.4) is 0 Å². The van der Waals surface area contributed by atoms with Crippen LogP contribution in [0.15, 0.2) is 42.5 Å². The number of aldehydes is 1. The molecule has 0 radical (unpaired) electrons. The SMILES string of the molecule is COC(=O)c1ccc(N2CC3(CB(C#N)C3)C2)cc1C#CCN(C)C(=O)c1ccccc1C=O. The molecule has 0 atom stereocenters. The molecular formula is C26H24BN3O4. The maximum absolute atomic E-state index is 12.7. The number of rotatable bonds is 5. The van der Waals surface area contributed by atoms with Crippen LogP contribution in [0.5, 0.6) is 0 Å². The lowest BCUT2D eigenvalue weighted by atomic mass is 9.26. The van der Waals surface area contributed by atoms with Crippen molar-refractivity contribution in [3.8, 4) is 17.8 Å². The number of carbonyl (C=O) groups excluding carboxylic acids is 3. The fourth-order valence-electron chi connectivity index (χ4n) is 4.73. The summed E-state index contributed by atoms with van der Waals surface area (Å²) in [5.41, 5.74) is 2.75. The smallest absolute Gasteiger partial charge is 0.339 e. The first kappa shape index (κ1) is 23.1. The van der Waals surface area contributed by atoms with Crippen LogP contribution < -0.4 is 4.90 Å². The summed E-state index contributed by atoms with van der Waals surface area (Å²) < 4.78 is 4.90. The van der Waals surface area contributed by atoms with Gasteiger partial charge in [0.15, 0.2) is 6.29 Å². The Bertz CT molecular complexity index is 1240. The van der Waals surface area contributed by atoms with Crippen LogP contribution in [0.2, 0.25) is 12.6 Å². The molecule has 2 aliphatic rings. The highest BCUT2D eigenvalue weighted by atomic mass is 16.5. The Balaban J connectivity index is 1.49. The third-order valence-electron chi connectivity index (χ3n) is 6.57. The molecule has 0 aliphatic carbocycles. The van der Waals surface area contributed by atoms with Crippen LogP contribution in [-0.4, -0.2) is 63.6 Å². The second kappa shape index (κ2) is 9.45. The van der Waals surface area contributed by atoms with Gasteiger partial charge in [-0.05, 0) is 29.7 Å². The number of benzene rings is 2. The summed E-state index contributed by atoms with van der Waals surface area (Å²) in [6.07, 6.45) is 2.55. The fourth-order valence-corrected chi connectivity index (χ4v) is 4.73. The topological polar surface area (TPSA) is 90.7 Å². The number of anilines is 1. The van der Waals surface area contributed by atoms with Gasteiger partial charge in [-0.15, -0.1) is 0 Å². The number of amides is 1. The minimum absolute atomic E-state index is 0.124. The molecule has 2 fully saturated rings. The Morgan fingerprint density at radius 1 is 1.21 bits per heavy atom. The standard InChI is InChI=1S/C26H24BN3O4/c1-29(24(32)22-8-4-3-6-20(22)13-31)11-5-7-19-12-21(9-10-23(19)25(33)34-2)30-16-26(17-30)14-27(15-26)18-28/h3-4,6,8-10,12-13H,11,14-17H2,1-2H3. The monoisotopic (exact) mass is 453 g/mol. The predicted octanol–water partition coefficient (Wildman–Crippen LogP) is 2.79. The second-order valence-corrected chi connectivity index (χ2v) is 8.98. The minimum Gasteiger partial charge on any atom is -0.465 e. The van der Waals surface area contributed by atoms with Gasteiger partial charge in [0.05, 0.1) is 24.8 Å². The quantitative estimate of drug-likeness (QED) is 0.299. The Morgan fingerprint density at radius 2 is 1.94 bits per heavy atom. The van der Waals surface area contributed by atoms with Crippen LogP contribution in [0.4, 0.5) is 5.69 Å². The van der Waals surface area contributed by atoms with Crippen molar-refractivity contribution in [3.05, 3.63) is 64.7 Å². The van der Waals surface area contributed by atoms with E-state index in [4.69, 9.17) is 10.00 Å². The Hall–Kier alpha value is -4.04. The first-order valence-electron chi connectivity index (χ1n) is 11.1. The van der Waals surface area contributed by atoms with E-state index < -0.39 is 5.97 Å². The van der Waals surface area contributed by atoms with Gasteiger partial charge in [-0.25, -0.2) is 10.1 Å². The van der Waals surface area contributed by atoms with Gasteiger partial charge in [0.2, 0.25) is 0 Å². The molecule has 7 nitrogen and oxygen atoms in total. The van der Waals surface area contributed by atoms with E-state index in [0.717, 1.165) is 31.4 Å². The zero-order valence-corrected chi connectivity index (χ0v) is 19.2. The molecule has 2 heterocycles. The number of ether oxygens (including phenoxy) is 1. The van der Waals surface area contributed by atoms with Gasteiger partial charge in [-0.2, -0.15) is 0 Å². The molecule has 0 aromatic heterocycles. The lowest BCUT2D eigenvalue weighted by molar-refractivity contribution is 0.0600. The van der Waals surface area contributed by atoms with E-state index in [1.165, 1.54) is 12.0 Å². The van der Waals surface area contributed by atoms with Crippen molar-refractivity contribution in [1.82, 2.24) is 4.90 Å². The van der Waals surface area contributed by atoms with Crippen molar-refractivity contribution >= 4 is 30.6 Å². The van der Waals surface area contributed by atoms with Crippen molar-refractivity contribution < 1.29 is 19.1 Å². The summed E-state index contributed by atoms with van der Waals surface area (Å²) in [5.74, 6) is 7.54. The van der Waals surface area contributed by atoms with Crippen molar-refractivity contribution in [2.75, 3.05) is 38.7 Å². The molecule has 0 saturated carbocycles. The van der Waals surface area contributed by atoms with Gasteiger partial charge in [0.25, 0.3) is 12.6 Å². The normalized spacial score (nSPS) is 15.2. The molecule has 1 spiro atoms. The maximum atomic E-state index is 12.7. The van der Waals surface area contributed by atoms with Gasteiger partial charge < -0.3 is 14.5 Å². The largest absolute Gasteiger partial charge is 0.465 e. The maximum Gasteiger partial charge on any atom is 0.339 e. The minimum atomic E-state index is -0.476. The highest BCUT2D eigenvalue weighted by molar-refractivity contribution is 6.70. The van der Waals surface area contributed by atoms with Crippen LogP contribution in [0.25, 0.3) is 0 Å². The summed E-state index contributed by atoms with van der Waals surface area (Å²) >= 11 is 0. The highest BCUT2D eigenvalue weighted by Gasteiger charge is 2.54. The molecule has 34 heavy (non-hydrogen) atoms. The summed E-state index contributed by atoms with van der Waals surface area (Å²) in [6, 6.07) is 12.1. The molecule has 4 rings (SSSR count). The van der Waals surface area contributed by atoms with Crippen molar-refractivity contribution in [1.29, 1.82) is 5.26 Å². The van der Waals surface area contributed by atoms with Gasteiger partial charge >= 0.3 is 5.97 Å². The van der Waals surface area contributed by atoms with Crippen LogP contribution in [0, 0.1) is 28.5 Å². The molecule has 2 aliphatic heterocycles. The fraction of sp³-hybridized carbons (Fsp3) is 0.308. The number of hydrogen-bond donors (Lipinski definition) is 0. The average Bonchev–Trinajstić information content (AvgIpc) is 2.81. The first-order chi connectivity index (χ1) is 16.4. The van der Waals surface area contributed by atoms with E-state index in [-0.39, 0.29) is 24.6 Å². The number of methoxy groups -OCH3 is 1. The van der Waals surface area contributed by atoms with E-state index in [0.29, 0.717) is 28.5 Å². The Kier molecular flexibility index (Phi) is 6.43.